The van der Waals surface area contributed by atoms with Crippen molar-refractivity contribution in [3.05, 3.63) is 47.9 Å². The average molecular weight is 301 g/mol. The van der Waals surface area contributed by atoms with Crippen molar-refractivity contribution in [1.29, 1.82) is 0 Å². The van der Waals surface area contributed by atoms with Gasteiger partial charge in [0.05, 0.1) is 6.26 Å². The number of amides is 1. The number of ether oxygens (including phenoxy) is 2. The van der Waals surface area contributed by atoms with Crippen molar-refractivity contribution in [3.8, 4) is 11.5 Å². The van der Waals surface area contributed by atoms with E-state index < -0.39 is 0 Å². The van der Waals surface area contributed by atoms with Crippen molar-refractivity contribution in [2.75, 3.05) is 13.3 Å². The number of rotatable bonds is 5. The van der Waals surface area contributed by atoms with E-state index in [9.17, 15) is 4.79 Å². The van der Waals surface area contributed by atoms with E-state index >= 15 is 0 Å². The van der Waals surface area contributed by atoms with Gasteiger partial charge in [0.15, 0.2) is 17.3 Å². The van der Waals surface area contributed by atoms with Gasteiger partial charge >= 0.3 is 0 Å². The molecule has 3 rings (SSSR count). The molecule has 0 saturated heterocycles. The standard InChI is InChI=1S/C17H19NO4/c1-12(2)9-18(17(19)15-4-3-7-20-15)10-13-5-6-14-16(8-13)22-11-21-14/h3-8,12H,9-11H2,1-2H3. The summed E-state index contributed by atoms with van der Waals surface area (Å²) in [6, 6.07) is 9.17. The van der Waals surface area contributed by atoms with Gasteiger partial charge in [-0.3, -0.25) is 4.79 Å². The molecule has 1 amide bonds. The minimum atomic E-state index is -0.101. The van der Waals surface area contributed by atoms with Crippen LogP contribution in [0.15, 0.2) is 41.0 Å². The maximum Gasteiger partial charge on any atom is 0.289 e. The van der Waals surface area contributed by atoms with E-state index in [-0.39, 0.29) is 12.7 Å². The fourth-order valence-corrected chi connectivity index (χ4v) is 2.48. The number of benzene rings is 1. The third-order valence-corrected chi connectivity index (χ3v) is 3.42. The summed E-state index contributed by atoms with van der Waals surface area (Å²) in [7, 11) is 0. The fourth-order valence-electron chi connectivity index (χ4n) is 2.48. The van der Waals surface area contributed by atoms with Gasteiger partial charge in [-0.05, 0) is 35.7 Å². The Hall–Kier alpha value is -2.43. The third kappa shape index (κ3) is 3.08. The molecule has 1 aliphatic heterocycles. The van der Waals surface area contributed by atoms with E-state index in [2.05, 4.69) is 13.8 Å². The molecule has 1 aromatic carbocycles. The lowest BCUT2D eigenvalue weighted by Gasteiger charge is -2.24. The quantitative estimate of drug-likeness (QED) is 0.850. The number of hydrogen-bond acceptors (Lipinski definition) is 4. The summed E-state index contributed by atoms with van der Waals surface area (Å²) in [5, 5.41) is 0. The Labute approximate surface area is 129 Å². The van der Waals surface area contributed by atoms with Crippen LogP contribution < -0.4 is 9.47 Å². The maximum atomic E-state index is 12.6. The molecular weight excluding hydrogens is 282 g/mol. The van der Waals surface area contributed by atoms with Gasteiger partial charge in [-0.2, -0.15) is 0 Å². The second kappa shape index (κ2) is 6.13. The second-order valence-corrected chi connectivity index (χ2v) is 5.74. The SMILES string of the molecule is CC(C)CN(Cc1ccc2c(c1)OCO2)C(=O)c1ccco1. The first-order valence-electron chi connectivity index (χ1n) is 7.35. The molecule has 22 heavy (non-hydrogen) atoms. The molecule has 2 heterocycles. The first kappa shape index (κ1) is 14.5. The molecule has 5 nitrogen and oxygen atoms in total. The number of carbonyl (C=O) groups excluding carboxylic acids is 1. The third-order valence-electron chi connectivity index (χ3n) is 3.42. The van der Waals surface area contributed by atoms with E-state index in [1.54, 1.807) is 17.0 Å². The van der Waals surface area contributed by atoms with Gasteiger partial charge in [0.1, 0.15) is 0 Å². The molecule has 1 aliphatic rings. The van der Waals surface area contributed by atoms with Crippen molar-refractivity contribution in [1.82, 2.24) is 4.90 Å². The lowest BCUT2D eigenvalue weighted by Crippen LogP contribution is -2.33. The zero-order chi connectivity index (χ0) is 15.5. The van der Waals surface area contributed by atoms with Crippen LogP contribution in [0.25, 0.3) is 0 Å². The number of carbonyl (C=O) groups is 1. The van der Waals surface area contributed by atoms with Crippen molar-refractivity contribution in [2.45, 2.75) is 20.4 Å². The molecule has 5 heteroatoms. The molecule has 0 bridgehead atoms. The van der Waals surface area contributed by atoms with Gasteiger partial charge in [-0.15, -0.1) is 0 Å². The van der Waals surface area contributed by atoms with Crippen LogP contribution in [-0.2, 0) is 6.54 Å². The van der Waals surface area contributed by atoms with Gasteiger partial charge in [0, 0.05) is 13.1 Å². The number of hydrogen-bond donors (Lipinski definition) is 0. The zero-order valence-corrected chi connectivity index (χ0v) is 12.7. The highest BCUT2D eigenvalue weighted by atomic mass is 16.7. The Morgan fingerprint density at radius 3 is 2.77 bits per heavy atom. The van der Waals surface area contributed by atoms with Crippen LogP contribution >= 0.6 is 0 Å². The number of nitrogens with zero attached hydrogens (tertiary/aromatic N) is 1. The zero-order valence-electron chi connectivity index (χ0n) is 12.7. The Morgan fingerprint density at radius 2 is 2.05 bits per heavy atom. The topological polar surface area (TPSA) is 51.9 Å². The maximum absolute atomic E-state index is 12.6. The summed E-state index contributed by atoms with van der Waals surface area (Å²) in [6.07, 6.45) is 1.52. The fraction of sp³-hybridized carbons (Fsp3) is 0.353. The molecule has 0 aliphatic carbocycles. The van der Waals surface area contributed by atoms with Crippen molar-refractivity contribution in [3.63, 3.8) is 0 Å². The molecule has 0 spiro atoms. The van der Waals surface area contributed by atoms with Crippen LogP contribution in [-0.4, -0.2) is 24.1 Å². The Kier molecular flexibility index (Phi) is 4.04. The molecule has 0 N–H and O–H groups in total. The van der Waals surface area contributed by atoms with E-state index in [0.29, 0.717) is 24.8 Å². The predicted octanol–water partition coefficient (Wildman–Crippen LogP) is 3.31. The van der Waals surface area contributed by atoms with E-state index in [0.717, 1.165) is 17.1 Å². The average Bonchev–Trinajstić information content (AvgIpc) is 3.16. The van der Waals surface area contributed by atoms with Gasteiger partial charge in [0.25, 0.3) is 5.91 Å². The van der Waals surface area contributed by atoms with Gasteiger partial charge in [0.2, 0.25) is 6.79 Å². The van der Waals surface area contributed by atoms with E-state index in [1.165, 1.54) is 6.26 Å². The molecule has 0 radical (unpaired) electrons. The summed E-state index contributed by atoms with van der Waals surface area (Å²) in [4.78, 5) is 14.3. The first-order valence-corrected chi connectivity index (χ1v) is 7.35. The van der Waals surface area contributed by atoms with Gasteiger partial charge in [-0.1, -0.05) is 19.9 Å². The predicted molar refractivity (Wildman–Crippen MR) is 80.9 cm³/mol. The van der Waals surface area contributed by atoms with Crippen LogP contribution in [0.3, 0.4) is 0 Å². The van der Waals surface area contributed by atoms with Crippen LogP contribution in [0.4, 0.5) is 0 Å². The van der Waals surface area contributed by atoms with Crippen LogP contribution in [0, 0.1) is 5.92 Å². The normalized spacial score (nSPS) is 12.7. The summed E-state index contributed by atoms with van der Waals surface area (Å²) in [5.41, 5.74) is 1.00. The summed E-state index contributed by atoms with van der Waals surface area (Å²) < 4.78 is 15.9. The molecule has 0 saturated carbocycles. The second-order valence-electron chi connectivity index (χ2n) is 5.74. The van der Waals surface area contributed by atoms with E-state index in [4.69, 9.17) is 13.9 Å². The Bertz CT molecular complexity index is 649. The highest BCUT2D eigenvalue weighted by Crippen LogP contribution is 2.33. The first-order chi connectivity index (χ1) is 10.6. The largest absolute Gasteiger partial charge is 0.459 e. The molecule has 0 atom stereocenters. The highest BCUT2D eigenvalue weighted by Gasteiger charge is 2.21. The molecule has 0 fully saturated rings. The molecule has 0 unspecified atom stereocenters. The summed E-state index contributed by atoms with van der Waals surface area (Å²) in [5.74, 6) is 2.11. The van der Waals surface area contributed by atoms with Crippen LogP contribution in [0.5, 0.6) is 11.5 Å². The summed E-state index contributed by atoms with van der Waals surface area (Å²) in [6.45, 7) is 5.59. The minimum Gasteiger partial charge on any atom is -0.459 e. The monoisotopic (exact) mass is 301 g/mol. The molecular formula is C17H19NO4. The Morgan fingerprint density at radius 1 is 1.23 bits per heavy atom. The lowest BCUT2D eigenvalue weighted by molar-refractivity contribution is 0.0690. The summed E-state index contributed by atoms with van der Waals surface area (Å²) >= 11 is 0. The van der Waals surface area contributed by atoms with Crippen molar-refractivity contribution in [2.24, 2.45) is 5.92 Å². The molecule has 116 valence electrons. The van der Waals surface area contributed by atoms with Crippen LogP contribution in [0.2, 0.25) is 0 Å². The molecule has 2 aromatic rings. The number of furan rings is 1. The lowest BCUT2D eigenvalue weighted by atomic mass is 10.1. The van der Waals surface area contributed by atoms with Crippen LogP contribution in [0.1, 0.15) is 30.0 Å². The number of fused-ring (bicyclic) bond motifs is 1. The Balaban J connectivity index is 1.79. The highest BCUT2D eigenvalue weighted by molar-refractivity contribution is 5.91. The van der Waals surface area contributed by atoms with Gasteiger partial charge < -0.3 is 18.8 Å². The minimum absolute atomic E-state index is 0.101. The van der Waals surface area contributed by atoms with Crippen molar-refractivity contribution < 1.29 is 18.7 Å². The smallest absolute Gasteiger partial charge is 0.289 e. The van der Waals surface area contributed by atoms with Crippen molar-refractivity contribution >= 4 is 5.91 Å². The van der Waals surface area contributed by atoms with Gasteiger partial charge in [-0.25, -0.2) is 0 Å². The van der Waals surface area contributed by atoms with E-state index in [1.807, 2.05) is 18.2 Å². The molecule has 1 aromatic heterocycles.